The van der Waals surface area contributed by atoms with Crippen molar-refractivity contribution in [2.75, 3.05) is 36.0 Å². The molecule has 2 unspecified atom stereocenters. The summed E-state index contributed by atoms with van der Waals surface area (Å²) in [6, 6.07) is 4.02. The van der Waals surface area contributed by atoms with Crippen LogP contribution in [0.2, 0.25) is 0 Å². The second kappa shape index (κ2) is 5.69. The minimum Gasteiger partial charge on any atom is -0.356 e. The van der Waals surface area contributed by atoms with Gasteiger partial charge in [0.15, 0.2) is 0 Å². The number of fused-ring (bicyclic) bond motifs is 1. The monoisotopic (exact) mass is 324 g/mol. The molecule has 2 aliphatic heterocycles. The van der Waals surface area contributed by atoms with E-state index >= 15 is 0 Å². The fourth-order valence-corrected chi connectivity index (χ4v) is 3.73. The third-order valence-electron chi connectivity index (χ3n) is 5.07. The Morgan fingerprint density at radius 3 is 2.12 bits per heavy atom. The molecule has 2 atom stereocenters. The van der Waals surface area contributed by atoms with Crippen molar-refractivity contribution in [3.8, 4) is 0 Å². The van der Waals surface area contributed by atoms with Crippen LogP contribution >= 0.6 is 0 Å². The van der Waals surface area contributed by atoms with Gasteiger partial charge in [-0.25, -0.2) is 19.9 Å². The van der Waals surface area contributed by atoms with Gasteiger partial charge in [0.2, 0.25) is 5.95 Å². The molecule has 4 rings (SSSR count). The van der Waals surface area contributed by atoms with Crippen LogP contribution in [0.4, 0.5) is 11.8 Å². The summed E-state index contributed by atoms with van der Waals surface area (Å²) in [5.41, 5.74) is 1.15. The van der Waals surface area contributed by atoms with Crippen molar-refractivity contribution in [1.29, 1.82) is 0 Å². The molecule has 2 aromatic rings. The van der Waals surface area contributed by atoms with Gasteiger partial charge in [0.05, 0.1) is 5.69 Å². The summed E-state index contributed by atoms with van der Waals surface area (Å²) >= 11 is 0. The molecule has 2 saturated heterocycles. The van der Waals surface area contributed by atoms with Crippen LogP contribution in [-0.2, 0) is 5.41 Å². The Hall–Kier alpha value is -2.24. The molecule has 0 aromatic carbocycles. The van der Waals surface area contributed by atoms with E-state index in [9.17, 15) is 0 Å². The number of hydrogen-bond acceptors (Lipinski definition) is 6. The molecule has 2 fully saturated rings. The molecule has 6 nitrogen and oxygen atoms in total. The molecule has 0 aliphatic carbocycles. The number of anilines is 2. The van der Waals surface area contributed by atoms with Crippen molar-refractivity contribution in [3.63, 3.8) is 0 Å². The highest BCUT2D eigenvalue weighted by atomic mass is 15.3. The zero-order valence-electron chi connectivity index (χ0n) is 14.6. The van der Waals surface area contributed by atoms with Crippen molar-refractivity contribution >= 4 is 11.8 Å². The number of hydrogen-bond donors (Lipinski definition) is 0. The van der Waals surface area contributed by atoms with E-state index in [1.165, 1.54) is 0 Å². The lowest BCUT2D eigenvalue weighted by atomic mass is 9.92. The van der Waals surface area contributed by atoms with Gasteiger partial charge < -0.3 is 9.80 Å². The van der Waals surface area contributed by atoms with Gasteiger partial charge in [0.1, 0.15) is 12.1 Å². The van der Waals surface area contributed by atoms with Crippen LogP contribution in [0.1, 0.15) is 26.5 Å². The maximum Gasteiger partial charge on any atom is 0.225 e. The van der Waals surface area contributed by atoms with Crippen molar-refractivity contribution in [3.05, 3.63) is 36.5 Å². The van der Waals surface area contributed by atoms with Gasteiger partial charge in [-0.1, -0.05) is 20.8 Å². The van der Waals surface area contributed by atoms with E-state index in [4.69, 9.17) is 0 Å². The quantitative estimate of drug-likeness (QED) is 0.843. The minimum atomic E-state index is 0.0503. The molecular formula is C18H24N6. The standard InChI is InChI=1S/C18H24N6/c1-18(2,3)15-7-16(22-12-21-15)23-8-13-10-24(11-14(13)9-23)17-19-5-4-6-20-17/h4-7,12-14H,8-11H2,1-3H3. The normalized spacial score (nSPS) is 23.6. The van der Waals surface area contributed by atoms with E-state index in [2.05, 4.69) is 56.6 Å². The van der Waals surface area contributed by atoms with E-state index in [0.29, 0.717) is 11.8 Å². The summed E-state index contributed by atoms with van der Waals surface area (Å²) in [4.78, 5) is 22.5. The van der Waals surface area contributed by atoms with E-state index in [1.54, 1.807) is 6.33 Å². The highest BCUT2D eigenvalue weighted by molar-refractivity contribution is 5.44. The van der Waals surface area contributed by atoms with Crippen LogP contribution in [0.15, 0.2) is 30.9 Å². The molecule has 0 bridgehead atoms. The van der Waals surface area contributed by atoms with Crippen LogP contribution < -0.4 is 9.80 Å². The van der Waals surface area contributed by atoms with Crippen LogP contribution in [-0.4, -0.2) is 46.1 Å². The van der Waals surface area contributed by atoms with Gasteiger partial charge >= 0.3 is 0 Å². The predicted molar refractivity (Wildman–Crippen MR) is 94.2 cm³/mol. The summed E-state index contributed by atoms with van der Waals surface area (Å²) in [5.74, 6) is 3.23. The molecule has 0 N–H and O–H groups in total. The Labute approximate surface area is 143 Å². The third kappa shape index (κ3) is 2.81. The topological polar surface area (TPSA) is 58.0 Å². The van der Waals surface area contributed by atoms with Crippen LogP contribution in [0, 0.1) is 11.8 Å². The zero-order valence-corrected chi connectivity index (χ0v) is 14.6. The second-order valence-electron chi connectivity index (χ2n) is 7.89. The third-order valence-corrected chi connectivity index (χ3v) is 5.07. The fourth-order valence-electron chi connectivity index (χ4n) is 3.73. The first-order valence-electron chi connectivity index (χ1n) is 8.60. The van der Waals surface area contributed by atoms with E-state index in [1.807, 2.05) is 18.5 Å². The van der Waals surface area contributed by atoms with Crippen molar-refractivity contribution in [2.24, 2.45) is 11.8 Å². The van der Waals surface area contributed by atoms with Crippen LogP contribution in [0.5, 0.6) is 0 Å². The van der Waals surface area contributed by atoms with Crippen molar-refractivity contribution in [1.82, 2.24) is 19.9 Å². The first-order chi connectivity index (χ1) is 11.5. The lowest BCUT2D eigenvalue weighted by molar-refractivity contribution is 0.533. The maximum absolute atomic E-state index is 4.52. The van der Waals surface area contributed by atoms with Gasteiger partial charge in [-0.15, -0.1) is 0 Å². The fraction of sp³-hybridized carbons (Fsp3) is 0.556. The van der Waals surface area contributed by atoms with E-state index in [0.717, 1.165) is 43.6 Å². The molecule has 0 radical (unpaired) electrons. The van der Waals surface area contributed by atoms with E-state index in [-0.39, 0.29) is 5.41 Å². The highest BCUT2D eigenvalue weighted by Crippen LogP contribution is 2.35. The molecule has 24 heavy (non-hydrogen) atoms. The average molecular weight is 324 g/mol. The predicted octanol–water partition coefficient (Wildman–Crippen LogP) is 2.14. The zero-order chi connectivity index (χ0) is 16.7. The Balaban J connectivity index is 1.46. The molecule has 6 heteroatoms. The minimum absolute atomic E-state index is 0.0503. The number of rotatable bonds is 2. The SMILES string of the molecule is CC(C)(C)c1cc(N2CC3CN(c4ncccn4)CC3C2)ncn1. The van der Waals surface area contributed by atoms with Crippen molar-refractivity contribution < 1.29 is 0 Å². The first kappa shape index (κ1) is 15.3. The average Bonchev–Trinajstić information content (AvgIpc) is 3.14. The number of nitrogens with zero attached hydrogens (tertiary/aromatic N) is 6. The molecule has 4 heterocycles. The lowest BCUT2D eigenvalue weighted by Gasteiger charge is -2.24. The first-order valence-corrected chi connectivity index (χ1v) is 8.60. The molecular weight excluding hydrogens is 300 g/mol. The maximum atomic E-state index is 4.52. The summed E-state index contributed by atoms with van der Waals surface area (Å²) in [6.07, 6.45) is 5.34. The Morgan fingerprint density at radius 1 is 0.875 bits per heavy atom. The Kier molecular flexibility index (Phi) is 3.62. The van der Waals surface area contributed by atoms with Gasteiger partial charge in [-0.05, 0) is 6.07 Å². The molecule has 0 saturated carbocycles. The van der Waals surface area contributed by atoms with Gasteiger partial charge in [0, 0.05) is 61.9 Å². The van der Waals surface area contributed by atoms with Gasteiger partial charge in [0.25, 0.3) is 0 Å². The summed E-state index contributed by atoms with van der Waals surface area (Å²) in [6.45, 7) is 10.7. The largest absolute Gasteiger partial charge is 0.356 e. The molecule has 0 amide bonds. The molecule has 0 spiro atoms. The second-order valence-corrected chi connectivity index (χ2v) is 7.89. The lowest BCUT2D eigenvalue weighted by Crippen LogP contribution is -2.30. The Morgan fingerprint density at radius 2 is 1.50 bits per heavy atom. The van der Waals surface area contributed by atoms with E-state index < -0.39 is 0 Å². The molecule has 126 valence electrons. The summed E-state index contributed by atoms with van der Waals surface area (Å²) in [5, 5.41) is 0. The van der Waals surface area contributed by atoms with Gasteiger partial charge in [-0.2, -0.15) is 0 Å². The summed E-state index contributed by atoms with van der Waals surface area (Å²) in [7, 11) is 0. The molecule has 2 aliphatic rings. The van der Waals surface area contributed by atoms with Crippen LogP contribution in [0.25, 0.3) is 0 Å². The number of aromatic nitrogens is 4. The highest BCUT2D eigenvalue weighted by Gasteiger charge is 2.41. The van der Waals surface area contributed by atoms with Crippen LogP contribution in [0.3, 0.4) is 0 Å². The molecule has 2 aromatic heterocycles. The Bertz CT molecular complexity index is 697. The van der Waals surface area contributed by atoms with Crippen molar-refractivity contribution in [2.45, 2.75) is 26.2 Å². The van der Waals surface area contributed by atoms with Gasteiger partial charge in [-0.3, -0.25) is 0 Å². The summed E-state index contributed by atoms with van der Waals surface area (Å²) < 4.78 is 0. The smallest absolute Gasteiger partial charge is 0.225 e.